The van der Waals surface area contributed by atoms with E-state index in [2.05, 4.69) is 14.7 Å². The molecule has 1 aliphatic rings. The van der Waals surface area contributed by atoms with Crippen LogP contribution in [0.1, 0.15) is 29.3 Å². The second kappa shape index (κ2) is 9.67. The highest BCUT2D eigenvalue weighted by Crippen LogP contribution is 2.42. The minimum Gasteiger partial charge on any atom is -0.493 e. The van der Waals surface area contributed by atoms with E-state index in [0.717, 1.165) is 29.2 Å². The summed E-state index contributed by atoms with van der Waals surface area (Å²) in [6, 6.07) is 11.1. The smallest absolute Gasteiger partial charge is 0.416 e. The highest BCUT2D eigenvalue weighted by atomic mass is 32.2. The molecule has 7 nitrogen and oxygen atoms in total. The third-order valence-corrected chi connectivity index (χ3v) is 7.89. The van der Waals surface area contributed by atoms with Crippen LogP contribution in [-0.2, 0) is 16.2 Å². The molecule has 0 aliphatic carbocycles. The van der Waals surface area contributed by atoms with E-state index in [1.165, 1.54) is 30.6 Å². The maximum Gasteiger partial charge on any atom is 0.416 e. The topological polar surface area (TPSA) is 90.4 Å². The monoisotopic (exact) mass is 547 g/mol. The highest BCUT2D eigenvalue weighted by molar-refractivity contribution is 7.93. The van der Waals surface area contributed by atoms with Gasteiger partial charge in [-0.3, -0.25) is 9.71 Å². The van der Waals surface area contributed by atoms with E-state index in [1.807, 2.05) is 0 Å². The molecule has 1 N–H and O–H groups in total. The first-order valence-electron chi connectivity index (χ1n) is 11.1. The maximum atomic E-state index is 13.5. The molecule has 2 aromatic heterocycles. The van der Waals surface area contributed by atoms with E-state index < -0.39 is 27.9 Å². The van der Waals surface area contributed by atoms with Gasteiger partial charge in [-0.25, -0.2) is 13.4 Å². The summed E-state index contributed by atoms with van der Waals surface area (Å²) in [5.74, 6) is 0.572. The molecule has 0 saturated heterocycles. The average molecular weight is 548 g/mol. The molecule has 3 heterocycles. The van der Waals surface area contributed by atoms with Gasteiger partial charge in [0.25, 0.3) is 10.0 Å². The van der Waals surface area contributed by atoms with Crippen molar-refractivity contribution in [3.05, 3.63) is 83.1 Å². The van der Waals surface area contributed by atoms with Crippen LogP contribution in [0.5, 0.6) is 11.5 Å². The van der Waals surface area contributed by atoms with Gasteiger partial charge in [-0.1, -0.05) is 12.1 Å². The van der Waals surface area contributed by atoms with E-state index in [-0.39, 0.29) is 27.9 Å². The molecule has 1 unspecified atom stereocenters. The molecule has 1 atom stereocenters. The molecule has 192 valence electrons. The fourth-order valence-electron chi connectivity index (χ4n) is 3.89. The number of hydrogen-bond acceptors (Lipinski definition) is 7. The molecule has 0 saturated carbocycles. The Kier molecular flexibility index (Phi) is 6.54. The summed E-state index contributed by atoms with van der Waals surface area (Å²) in [6.45, 7) is 2.02. The van der Waals surface area contributed by atoms with Crippen LogP contribution in [0, 0.1) is 6.92 Å². The molecule has 0 radical (unpaired) electrons. The number of nitrogens with zero attached hydrogens (tertiary/aromatic N) is 2. The van der Waals surface area contributed by atoms with Crippen molar-refractivity contribution in [2.45, 2.75) is 30.5 Å². The predicted molar refractivity (Wildman–Crippen MR) is 132 cm³/mol. The molecule has 2 aromatic carbocycles. The number of aryl methyl sites for hydroxylation is 1. The Morgan fingerprint density at radius 2 is 1.95 bits per heavy atom. The third-order valence-electron chi connectivity index (χ3n) is 5.73. The number of alkyl halides is 3. The van der Waals surface area contributed by atoms with Crippen molar-refractivity contribution in [3.63, 3.8) is 0 Å². The van der Waals surface area contributed by atoms with E-state index >= 15 is 0 Å². The average Bonchev–Trinajstić information content (AvgIpc) is 3.36. The zero-order valence-corrected chi connectivity index (χ0v) is 21.0. The van der Waals surface area contributed by atoms with Crippen molar-refractivity contribution >= 4 is 26.5 Å². The summed E-state index contributed by atoms with van der Waals surface area (Å²) in [5, 5.41) is 1.89. The Hall–Kier alpha value is -3.64. The van der Waals surface area contributed by atoms with Crippen LogP contribution in [0.4, 0.5) is 18.3 Å². The SMILES string of the molecule is Cc1ccc(-c2cc(C(F)(F)F)ccc2OC2CCOc3cc(S(=O)(=O)Nc4nccs4)ccc32)cn1. The van der Waals surface area contributed by atoms with Gasteiger partial charge in [0.2, 0.25) is 0 Å². The lowest BCUT2D eigenvalue weighted by Crippen LogP contribution is -2.20. The Bertz CT molecular complexity index is 1520. The van der Waals surface area contributed by atoms with Crippen LogP contribution in [0.3, 0.4) is 0 Å². The van der Waals surface area contributed by atoms with Crippen molar-refractivity contribution in [2.75, 3.05) is 11.3 Å². The summed E-state index contributed by atoms with van der Waals surface area (Å²) in [4.78, 5) is 8.13. The molecule has 12 heteroatoms. The first-order valence-corrected chi connectivity index (χ1v) is 13.5. The lowest BCUT2D eigenvalue weighted by Gasteiger charge is -2.28. The number of sulfonamides is 1. The summed E-state index contributed by atoms with van der Waals surface area (Å²) >= 11 is 1.15. The Morgan fingerprint density at radius 3 is 2.65 bits per heavy atom. The second-order valence-electron chi connectivity index (χ2n) is 8.28. The Labute approximate surface area is 215 Å². The minimum atomic E-state index is -4.52. The first-order chi connectivity index (χ1) is 17.6. The fourth-order valence-corrected chi connectivity index (χ4v) is 5.69. The quantitative estimate of drug-likeness (QED) is 0.308. The molecule has 0 bridgehead atoms. The van der Waals surface area contributed by atoms with E-state index in [4.69, 9.17) is 9.47 Å². The summed E-state index contributed by atoms with van der Waals surface area (Å²) in [5.41, 5.74) is 1.25. The largest absolute Gasteiger partial charge is 0.493 e. The molecule has 0 spiro atoms. The number of thiazole rings is 1. The van der Waals surface area contributed by atoms with E-state index in [1.54, 1.807) is 30.5 Å². The Balaban J connectivity index is 1.47. The van der Waals surface area contributed by atoms with Crippen molar-refractivity contribution < 1.29 is 31.1 Å². The number of fused-ring (bicyclic) bond motifs is 1. The summed E-state index contributed by atoms with van der Waals surface area (Å²) in [7, 11) is -3.89. The van der Waals surface area contributed by atoms with Crippen LogP contribution in [0.2, 0.25) is 0 Å². The lowest BCUT2D eigenvalue weighted by molar-refractivity contribution is -0.137. The Morgan fingerprint density at radius 1 is 1.11 bits per heavy atom. The number of nitrogens with one attached hydrogen (secondary N) is 1. The number of benzene rings is 2. The molecular weight excluding hydrogens is 527 g/mol. The van der Waals surface area contributed by atoms with Crippen LogP contribution in [-0.4, -0.2) is 25.0 Å². The number of aromatic nitrogens is 2. The normalized spacial score (nSPS) is 15.5. The van der Waals surface area contributed by atoms with E-state index in [0.29, 0.717) is 23.3 Å². The van der Waals surface area contributed by atoms with Gasteiger partial charge in [0.1, 0.15) is 17.6 Å². The van der Waals surface area contributed by atoms with Gasteiger partial charge in [-0.05, 0) is 37.3 Å². The second-order valence-corrected chi connectivity index (χ2v) is 10.9. The molecular formula is C25H20F3N3O4S2. The minimum absolute atomic E-state index is 0.0111. The van der Waals surface area contributed by atoms with Gasteiger partial charge in [0.15, 0.2) is 5.13 Å². The van der Waals surface area contributed by atoms with Crippen LogP contribution < -0.4 is 14.2 Å². The number of rotatable bonds is 6. The van der Waals surface area contributed by atoms with E-state index in [9.17, 15) is 21.6 Å². The number of anilines is 1. The van der Waals surface area contributed by atoms with Gasteiger partial charge in [-0.2, -0.15) is 13.2 Å². The molecule has 1 aliphatic heterocycles. The standard InChI is InChI=1S/C25H20F3N3O4S2/c1-15-2-3-16(14-30-15)20-12-17(25(26,27)28)4-7-21(20)35-22-8-10-34-23-13-18(5-6-19(22)23)37(32,33)31-24-29-9-11-36-24/h2-7,9,11-14,22H,8,10H2,1H3,(H,29,31). The number of hydrogen-bond donors (Lipinski definition) is 1. The van der Waals surface area contributed by atoms with Crippen LogP contribution in [0.15, 0.2) is 71.2 Å². The molecule has 4 aromatic rings. The molecule has 0 amide bonds. The summed E-state index contributed by atoms with van der Waals surface area (Å²) < 4.78 is 80.3. The number of halogens is 3. The van der Waals surface area contributed by atoms with Gasteiger partial charge in [-0.15, -0.1) is 11.3 Å². The van der Waals surface area contributed by atoms with Gasteiger partial charge < -0.3 is 9.47 Å². The van der Waals surface area contributed by atoms with Gasteiger partial charge in [0, 0.05) is 52.6 Å². The molecule has 5 rings (SSSR count). The number of ether oxygens (including phenoxy) is 2. The van der Waals surface area contributed by atoms with Crippen molar-refractivity contribution in [1.29, 1.82) is 0 Å². The van der Waals surface area contributed by atoms with Crippen LogP contribution >= 0.6 is 11.3 Å². The third kappa shape index (κ3) is 5.39. The predicted octanol–water partition coefficient (Wildman–Crippen LogP) is 6.24. The van der Waals surface area contributed by atoms with Gasteiger partial charge >= 0.3 is 6.18 Å². The van der Waals surface area contributed by atoms with Crippen molar-refractivity contribution in [1.82, 2.24) is 9.97 Å². The highest BCUT2D eigenvalue weighted by Gasteiger charge is 2.32. The fraction of sp³-hybridized carbons (Fsp3) is 0.200. The van der Waals surface area contributed by atoms with Gasteiger partial charge in [0.05, 0.1) is 17.1 Å². The molecule has 37 heavy (non-hydrogen) atoms. The first kappa shape index (κ1) is 25.0. The zero-order valence-electron chi connectivity index (χ0n) is 19.3. The molecule has 0 fully saturated rings. The maximum absolute atomic E-state index is 13.5. The van der Waals surface area contributed by atoms with Crippen LogP contribution in [0.25, 0.3) is 11.1 Å². The zero-order chi connectivity index (χ0) is 26.2. The van der Waals surface area contributed by atoms with Crippen molar-refractivity contribution in [2.24, 2.45) is 0 Å². The lowest BCUT2D eigenvalue weighted by atomic mass is 10.0. The number of pyridine rings is 1. The summed E-state index contributed by atoms with van der Waals surface area (Å²) in [6.07, 6.45) is -1.68. The van der Waals surface area contributed by atoms with Crippen molar-refractivity contribution in [3.8, 4) is 22.6 Å².